The Morgan fingerprint density at radius 2 is 2.14 bits per heavy atom. The van der Waals surface area contributed by atoms with Crippen molar-refractivity contribution in [3.63, 3.8) is 0 Å². The summed E-state index contributed by atoms with van der Waals surface area (Å²) < 4.78 is 44.0. The Morgan fingerprint density at radius 1 is 1.45 bits per heavy atom. The number of nitrogens with two attached hydrogens (primary N) is 1. The summed E-state index contributed by atoms with van der Waals surface area (Å²) in [6.07, 6.45) is -2.87. The number of alkyl halides is 3. The van der Waals surface area contributed by atoms with Gasteiger partial charge in [-0.05, 0) is 18.2 Å². The van der Waals surface area contributed by atoms with E-state index in [1.807, 2.05) is 0 Å². The second-order valence-electron chi connectivity index (χ2n) is 3.92. The molecular formula is C13H16BrF3IN3O. The number of ether oxygens (including phenoxy) is 1. The zero-order valence-corrected chi connectivity index (χ0v) is 15.4. The second kappa shape index (κ2) is 9.93. The van der Waals surface area contributed by atoms with E-state index >= 15 is 0 Å². The Labute approximate surface area is 152 Å². The molecule has 1 aromatic rings. The molecule has 0 spiro atoms. The van der Waals surface area contributed by atoms with Crippen LogP contribution in [0.15, 0.2) is 40.3 Å². The quantitative estimate of drug-likeness (QED) is 0.209. The van der Waals surface area contributed by atoms with Crippen LogP contribution in [0.5, 0.6) is 5.75 Å². The minimum atomic E-state index is -4.48. The highest BCUT2D eigenvalue weighted by Gasteiger charge is 2.34. The van der Waals surface area contributed by atoms with E-state index in [1.54, 1.807) is 6.08 Å². The van der Waals surface area contributed by atoms with Gasteiger partial charge in [-0.1, -0.05) is 22.0 Å². The van der Waals surface area contributed by atoms with Gasteiger partial charge in [0.05, 0.1) is 12.1 Å². The summed E-state index contributed by atoms with van der Waals surface area (Å²) in [7, 11) is 0. The molecule has 0 saturated heterocycles. The van der Waals surface area contributed by atoms with E-state index in [1.165, 1.54) is 12.1 Å². The molecule has 1 aromatic carbocycles. The molecule has 124 valence electrons. The lowest BCUT2D eigenvalue weighted by molar-refractivity contribution is -0.139. The maximum Gasteiger partial charge on any atom is 0.420 e. The average Bonchev–Trinajstić information content (AvgIpc) is 2.41. The Kier molecular flexibility index (Phi) is 9.49. The monoisotopic (exact) mass is 493 g/mol. The number of halogens is 5. The van der Waals surface area contributed by atoms with Crippen LogP contribution in [0, 0.1) is 0 Å². The van der Waals surface area contributed by atoms with Crippen molar-refractivity contribution in [2.24, 2.45) is 10.7 Å². The molecule has 9 heteroatoms. The van der Waals surface area contributed by atoms with Gasteiger partial charge in [0.2, 0.25) is 0 Å². The van der Waals surface area contributed by atoms with Crippen LogP contribution in [0.1, 0.15) is 5.56 Å². The van der Waals surface area contributed by atoms with Crippen molar-refractivity contribution in [1.29, 1.82) is 0 Å². The molecule has 0 amide bonds. The van der Waals surface area contributed by atoms with Gasteiger partial charge in [-0.2, -0.15) is 13.2 Å². The predicted molar refractivity (Wildman–Crippen MR) is 94.7 cm³/mol. The molecule has 0 aliphatic rings. The average molecular weight is 494 g/mol. The van der Waals surface area contributed by atoms with Crippen molar-refractivity contribution in [3.8, 4) is 5.75 Å². The second-order valence-corrected chi connectivity index (χ2v) is 4.84. The van der Waals surface area contributed by atoms with Gasteiger partial charge in [-0.15, -0.1) is 30.6 Å². The SMILES string of the molecule is C=CCNC(N)=NCCOc1ccc(Br)cc1C(F)(F)F.I. The highest BCUT2D eigenvalue weighted by atomic mass is 127. The van der Waals surface area contributed by atoms with E-state index in [-0.39, 0.29) is 48.8 Å². The number of nitrogens with one attached hydrogen (secondary N) is 1. The molecule has 0 unspecified atom stereocenters. The normalized spacial score (nSPS) is 11.5. The first-order valence-electron chi connectivity index (χ1n) is 5.99. The van der Waals surface area contributed by atoms with Crippen molar-refractivity contribution in [2.45, 2.75) is 6.18 Å². The number of hydrogen-bond acceptors (Lipinski definition) is 2. The molecule has 0 aromatic heterocycles. The van der Waals surface area contributed by atoms with E-state index in [9.17, 15) is 13.2 Å². The molecule has 0 aliphatic heterocycles. The van der Waals surface area contributed by atoms with Gasteiger partial charge >= 0.3 is 6.18 Å². The van der Waals surface area contributed by atoms with Crippen LogP contribution in [0.3, 0.4) is 0 Å². The molecule has 0 saturated carbocycles. The Balaban J connectivity index is 0.00000441. The number of guanidine groups is 1. The third kappa shape index (κ3) is 7.34. The van der Waals surface area contributed by atoms with Crippen molar-refractivity contribution < 1.29 is 17.9 Å². The molecular weight excluding hydrogens is 478 g/mol. The molecule has 4 nitrogen and oxygen atoms in total. The highest BCUT2D eigenvalue weighted by molar-refractivity contribution is 14.0. The van der Waals surface area contributed by atoms with Crippen LogP contribution < -0.4 is 15.8 Å². The lowest BCUT2D eigenvalue weighted by Gasteiger charge is -2.13. The summed E-state index contributed by atoms with van der Waals surface area (Å²) in [5.74, 6) is -0.0520. The topological polar surface area (TPSA) is 59.6 Å². The first-order chi connectivity index (χ1) is 9.84. The van der Waals surface area contributed by atoms with E-state index < -0.39 is 11.7 Å². The first-order valence-corrected chi connectivity index (χ1v) is 6.78. The molecule has 1 rings (SSSR count). The lowest BCUT2D eigenvalue weighted by Crippen LogP contribution is -2.32. The maximum atomic E-state index is 12.8. The summed E-state index contributed by atoms with van der Waals surface area (Å²) in [6, 6.07) is 3.71. The smallest absolute Gasteiger partial charge is 0.420 e. The van der Waals surface area contributed by atoms with E-state index in [0.717, 1.165) is 6.07 Å². The Hall–Kier alpha value is -0.970. The fraction of sp³-hybridized carbons (Fsp3) is 0.308. The van der Waals surface area contributed by atoms with Crippen LogP contribution in [0.25, 0.3) is 0 Å². The van der Waals surface area contributed by atoms with Crippen molar-refractivity contribution in [3.05, 3.63) is 40.9 Å². The van der Waals surface area contributed by atoms with Gasteiger partial charge in [0.1, 0.15) is 12.4 Å². The molecule has 0 atom stereocenters. The van der Waals surface area contributed by atoms with E-state index in [2.05, 4.69) is 32.8 Å². The minimum Gasteiger partial charge on any atom is -0.491 e. The number of benzene rings is 1. The van der Waals surface area contributed by atoms with Crippen molar-refractivity contribution in [1.82, 2.24) is 5.32 Å². The predicted octanol–water partition coefficient (Wildman–Crippen LogP) is 3.56. The van der Waals surface area contributed by atoms with Gasteiger partial charge in [0.25, 0.3) is 0 Å². The van der Waals surface area contributed by atoms with Gasteiger partial charge in [-0.25, -0.2) is 4.99 Å². The standard InChI is InChI=1S/C13H15BrF3N3O.HI/c1-2-5-19-12(18)20-6-7-21-11-4-3-9(14)8-10(11)13(15,16)17;/h2-4,8H,1,5-7H2,(H3,18,19,20);1H. The molecule has 0 aliphatic carbocycles. The number of rotatable bonds is 6. The van der Waals surface area contributed by atoms with Gasteiger partial charge in [-0.3, -0.25) is 0 Å². The summed E-state index contributed by atoms with van der Waals surface area (Å²) in [5.41, 5.74) is 4.67. The lowest BCUT2D eigenvalue weighted by atomic mass is 10.2. The minimum absolute atomic E-state index is 0. The maximum absolute atomic E-state index is 12.8. The molecule has 22 heavy (non-hydrogen) atoms. The van der Waals surface area contributed by atoms with Crippen LogP contribution in [-0.2, 0) is 6.18 Å². The number of aliphatic imine (C=N–C) groups is 1. The summed E-state index contributed by atoms with van der Waals surface area (Å²) >= 11 is 3.00. The Bertz CT molecular complexity index is 524. The van der Waals surface area contributed by atoms with Crippen LogP contribution in [0.4, 0.5) is 13.2 Å². The zero-order chi connectivity index (χ0) is 15.9. The van der Waals surface area contributed by atoms with Crippen LogP contribution in [0.2, 0.25) is 0 Å². The Morgan fingerprint density at radius 3 is 2.73 bits per heavy atom. The molecule has 0 heterocycles. The molecule has 3 N–H and O–H groups in total. The third-order valence-electron chi connectivity index (χ3n) is 2.31. The van der Waals surface area contributed by atoms with Gasteiger partial charge in [0, 0.05) is 11.0 Å². The zero-order valence-electron chi connectivity index (χ0n) is 11.5. The molecule has 0 radical (unpaired) electrons. The largest absolute Gasteiger partial charge is 0.491 e. The van der Waals surface area contributed by atoms with Gasteiger partial charge < -0.3 is 15.8 Å². The van der Waals surface area contributed by atoms with E-state index in [4.69, 9.17) is 10.5 Å². The fourth-order valence-corrected chi connectivity index (χ4v) is 1.77. The highest BCUT2D eigenvalue weighted by Crippen LogP contribution is 2.37. The van der Waals surface area contributed by atoms with Crippen molar-refractivity contribution in [2.75, 3.05) is 19.7 Å². The summed E-state index contributed by atoms with van der Waals surface area (Å²) in [4.78, 5) is 3.91. The fourth-order valence-electron chi connectivity index (χ4n) is 1.40. The van der Waals surface area contributed by atoms with E-state index in [0.29, 0.717) is 11.0 Å². The number of hydrogen-bond donors (Lipinski definition) is 2. The van der Waals surface area contributed by atoms with Crippen LogP contribution in [-0.4, -0.2) is 25.7 Å². The summed E-state index contributed by atoms with van der Waals surface area (Å²) in [6.45, 7) is 4.09. The summed E-state index contributed by atoms with van der Waals surface area (Å²) in [5, 5.41) is 2.74. The first kappa shape index (κ1) is 21.0. The molecule has 0 fully saturated rings. The third-order valence-corrected chi connectivity index (χ3v) is 2.80. The van der Waals surface area contributed by atoms with Crippen molar-refractivity contribution >= 4 is 45.9 Å². The van der Waals surface area contributed by atoms with Gasteiger partial charge in [0.15, 0.2) is 5.96 Å². The molecule has 0 bridgehead atoms. The van der Waals surface area contributed by atoms with Crippen LogP contribution >= 0.6 is 39.9 Å². The number of nitrogens with zero attached hydrogens (tertiary/aromatic N) is 1.